The van der Waals surface area contributed by atoms with Crippen LogP contribution >= 0.6 is 0 Å². The molecule has 2 aromatic carbocycles. The Morgan fingerprint density at radius 2 is 1.92 bits per heavy atom. The van der Waals surface area contributed by atoms with Crippen molar-refractivity contribution < 1.29 is 5.11 Å². The van der Waals surface area contributed by atoms with Crippen LogP contribution in [0.2, 0.25) is 0 Å². The van der Waals surface area contributed by atoms with Crippen LogP contribution in [0.15, 0.2) is 48.5 Å². The largest absolute Gasteiger partial charge is 0.393 e. The Labute approximate surface area is 222 Å². The number of nitrogens with one attached hydrogen (secondary N) is 1. The molecule has 0 unspecified atom stereocenters. The van der Waals surface area contributed by atoms with Gasteiger partial charge in [-0.25, -0.2) is 9.97 Å². The quantitative estimate of drug-likeness (QED) is 0.292. The lowest BCUT2D eigenvalue weighted by molar-refractivity contribution is 0.184. The van der Waals surface area contributed by atoms with Crippen molar-refractivity contribution in [3.8, 4) is 22.5 Å². The van der Waals surface area contributed by atoms with Crippen LogP contribution in [0.25, 0.3) is 33.7 Å². The van der Waals surface area contributed by atoms with Gasteiger partial charge in [0.1, 0.15) is 11.3 Å². The van der Waals surface area contributed by atoms with E-state index in [4.69, 9.17) is 9.97 Å². The second-order valence-electron chi connectivity index (χ2n) is 10.4. The zero-order valence-electron chi connectivity index (χ0n) is 22.1. The van der Waals surface area contributed by atoms with Gasteiger partial charge in [-0.1, -0.05) is 49.4 Å². The van der Waals surface area contributed by atoms with E-state index < -0.39 is 0 Å². The second kappa shape index (κ2) is 10.1. The number of aryl methyl sites for hydroxylation is 4. The summed E-state index contributed by atoms with van der Waals surface area (Å²) in [6, 6.07) is 17.3. The fourth-order valence-electron chi connectivity index (χ4n) is 5.78. The number of fused-ring (bicyclic) bond motifs is 2. The Balaban J connectivity index is 1.42. The fourth-order valence-corrected chi connectivity index (χ4v) is 5.78. The summed E-state index contributed by atoms with van der Waals surface area (Å²) < 4.78 is 2.40. The number of nitrogens with zero attached hydrogens (tertiary/aromatic N) is 6. The maximum absolute atomic E-state index is 9.83. The van der Waals surface area contributed by atoms with Crippen LogP contribution in [-0.2, 0) is 19.3 Å². The number of rotatable bonds is 8. The molecule has 3 aromatic heterocycles. The number of tetrazole rings is 1. The molecular formula is C30H33N7O. The lowest BCUT2D eigenvalue weighted by Gasteiger charge is -2.18. The van der Waals surface area contributed by atoms with Crippen molar-refractivity contribution in [2.24, 2.45) is 0 Å². The Morgan fingerprint density at radius 1 is 1.08 bits per heavy atom. The molecule has 2 N–H and O–H groups in total. The predicted molar refractivity (Wildman–Crippen MR) is 148 cm³/mol. The molecule has 0 aliphatic heterocycles. The zero-order valence-corrected chi connectivity index (χ0v) is 22.1. The van der Waals surface area contributed by atoms with Gasteiger partial charge < -0.3 is 9.67 Å². The third-order valence-corrected chi connectivity index (χ3v) is 7.58. The van der Waals surface area contributed by atoms with Crippen LogP contribution in [0.4, 0.5) is 0 Å². The molecule has 3 heterocycles. The van der Waals surface area contributed by atoms with Crippen molar-refractivity contribution in [2.75, 3.05) is 0 Å². The summed E-state index contributed by atoms with van der Waals surface area (Å²) in [4.78, 5) is 10.2. The number of aromatic amines is 1. The van der Waals surface area contributed by atoms with Crippen LogP contribution in [0.1, 0.15) is 67.4 Å². The standard InChI is InChI=1S/C30H33N7O/c1-4-7-27-32-28-18(2)16-22(13-10-19(3)38)31-30(28)37(27)26-15-12-21-17-20(11-14-24(21)26)23-8-5-6-9-25(23)29-33-35-36-34-29/h5-6,8-9,11,14,16-17,19,26,38H,4,7,10,12-13,15H2,1-3H3,(H,33,34,35,36)/t19-,26-/m0/s1. The average Bonchev–Trinajstić information content (AvgIpc) is 3.66. The van der Waals surface area contributed by atoms with Gasteiger partial charge in [-0.2, -0.15) is 5.21 Å². The molecule has 0 fully saturated rings. The minimum atomic E-state index is -0.338. The van der Waals surface area contributed by atoms with Gasteiger partial charge in [0.15, 0.2) is 5.65 Å². The first-order valence-electron chi connectivity index (χ1n) is 13.5. The minimum absolute atomic E-state index is 0.206. The summed E-state index contributed by atoms with van der Waals surface area (Å²) in [6.45, 7) is 6.16. The number of hydrogen-bond donors (Lipinski definition) is 2. The van der Waals surface area contributed by atoms with E-state index in [1.165, 1.54) is 11.1 Å². The summed E-state index contributed by atoms with van der Waals surface area (Å²) in [7, 11) is 0. The number of pyridine rings is 1. The second-order valence-corrected chi connectivity index (χ2v) is 10.4. The van der Waals surface area contributed by atoms with E-state index in [9.17, 15) is 5.11 Å². The monoisotopic (exact) mass is 507 g/mol. The molecule has 1 aliphatic rings. The van der Waals surface area contributed by atoms with Gasteiger partial charge in [0.25, 0.3) is 0 Å². The number of imidazole rings is 1. The van der Waals surface area contributed by atoms with E-state index in [1.807, 2.05) is 25.1 Å². The number of hydrogen-bond acceptors (Lipinski definition) is 6. The molecular weight excluding hydrogens is 474 g/mol. The van der Waals surface area contributed by atoms with Crippen molar-refractivity contribution >= 4 is 11.2 Å². The van der Waals surface area contributed by atoms with Gasteiger partial charge in [-0.3, -0.25) is 0 Å². The summed E-state index contributed by atoms with van der Waals surface area (Å²) in [5.74, 6) is 1.70. The first kappa shape index (κ1) is 24.4. The first-order chi connectivity index (χ1) is 18.5. The first-order valence-corrected chi connectivity index (χ1v) is 13.5. The molecule has 0 amide bonds. The highest BCUT2D eigenvalue weighted by Gasteiger charge is 2.29. The molecule has 0 spiro atoms. The van der Waals surface area contributed by atoms with Crippen molar-refractivity contribution in [1.29, 1.82) is 0 Å². The van der Waals surface area contributed by atoms with Gasteiger partial charge in [-0.15, -0.1) is 10.2 Å². The molecule has 38 heavy (non-hydrogen) atoms. The van der Waals surface area contributed by atoms with Crippen LogP contribution in [0.5, 0.6) is 0 Å². The molecule has 6 rings (SSSR count). The normalized spacial score (nSPS) is 15.7. The van der Waals surface area contributed by atoms with Crippen molar-refractivity contribution in [2.45, 2.75) is 71.4 Å². The van der Waals surface area contributed by atoms with E-state index in [1.54, 1.807) is 0 Å². The van der Waals surface area contributed by atoms with E-state index in [0.29, 0.717) is 12.2 Å². The van der Waals surface area contributed by atoms with Crippen molar-refractivity contribution in [3.05, 3.63) is 76.7 Å². The van der Waals surface area contributed by atoms with E-state index in [0.717, 1.165) is 77.0 Å². The fraction of sp³-hybridized carbons (Fsp3) is 0.367. The molecule has 8 heteroatoms. The number of H-pyrrole nitrogens is 1. The topological polar surface area (TPSA) is 105 Å². The molecule has 5 aromatic rings. The highest BCUT2D eigenvalue weighted by molar-refractivity contribution is 5.81. The van der Waals surface area contributed by atoms with Gasteiger partial charge in [0.05, 0.1) is 12.1 Å². The molecule has 0 saturated carbocycles. The summed E-state index contributed by atoms with van der Waals surface area (Å²) in [5.41, 5.74) is 10.1. The highest BCUT2D eigenvalue weighted by atomic mass is 16.3. The third-order valence-electron chi connectivity index (χ3n) is 7.58. The maximum atomic E-state index is 9.83. The molecule has 1 aliphatic carbocycles. The Kier molecular flexibility index (Phi) is 6.49. The van der Waals surface area contributed by atoms with Crippen LogP contribution in [-0.4, -0.2) is 46.4 Å². The maximum Gasteiger partial charge on any atom is 0.205 e. The highest BCUT2D eigenvalue weighted by Crippen LogP contribution is 2.40. The predicted octanol–water partition coefficient (Wildman–Crippen LogP) is 5.39. The van der Waals surface area contributed by atoms with Crippen molar-refractivity contribution in [3.63, 3.8) is 0 Å². The molecule has 8 nitrogen and oxygen atoms in total. The molecule has 2 atom stereocenters. The Hall–Kier alpha value is -3.91. The van der Waals surface area contributed by atoms with Crippen LogP contribution in [0, 0.1) is 6.92 Å². The lowest BCUT2D eigenvalue weighted by atomic mass is 9.96. The number of benzene rings is 2. The van der Waals surface area contributed by atoms with E-state index >= 15 is 0 Å². The minimum Gasteiger partial charge on any atom is -0.393 e. The molecule has 0 radical (unpaired) electrons. The van der Waals surface area contributed by atoms with E-state index in [2.05, 4.69) is 69.4 Å². The number of aromatic nitrogens is 7. The Bertz CT molecular complexity index is 1590. The summed E-state index contributed by atoms with van der Waals surface area (Å²) in [6.07, 6.45) is 5.09. The van der Waals surface area contributed by atoms with E-state index in [-0.39, 0.29) is 12.1 Å². The van der Waals surface area contributed by atoms with Crippen molar-refractivity contribution in [1.82, 2.24) is 35.2 Å². The number of aliphatic hydroxyl groups is 1. The van der Waals surface area contributed by atoms with Gasteiger partial charge in [0, 0.05) is 17.7 Å². The average molecular weight is 508 g/mol. The van der Waals surface area contributed by atoms with Gasteiger partial charge in [-0.05, 0) is 85.0 Å². The summed E-state index contributed by atoms with van der Waals surface area (Å²) >= 11 is 0. The summed E-state index contributed by atoms with van der Waals surface area (Å²) in [5, 5.41) is 24.5. The SMILES string of the molecule is CCCc1nc2c(C)cc(CC[C@H](C)O)nc2n1[C@H]1CCc2cc(-c3ccccc3-c3nn[nH]n3)ccc21. The lowest BCUT2D eigenvalue weighted by Crippen LogP contribution is -2.12. The van der Waals surface area contributed by atoms with Gasteiger partial charge >= 0.3 is 0 Å². The van der Waals surface area contributed by atoms with Crippen LogP contribution < -0.4 is 0 Å². The van der Waals surface area contributed by atoms with Crippen LogP contribution in [0.3, 0.4) is 0 Å². The zero-order chi connectivity index (χ0) is 26.2. The number of aliphatic hydroxyl groups excluding tert-OH is 1. The molecule has 194 valence electrons. The third kappa shape index (κ3) is 4.39. The molecule has 0 saturated heterocycles. The molecule has 0 bridgehead atoms. The van der Waals surface area contributed by atoms with Gasteiger partial charge in [0.2, 0.25) is 5.82 Å². The Morgan fingerprint density at radius 3 is 2.68 bits per heavy atom. The smallest absolute Gasteiger partial charge is 0.205 e.